The first-order valence-electron chi connectivity index (χ1n) is 38.3. The van der Waals surface area contributed by atoms with Crippen LogP contribution in [0.2, 0.25) is 0 Å². The molecule has 0 aromatic heterocycles. The first-order valence-corrected chi connectivity index (χ1v) is 41.3. The van der Waals surface area contributed by atoms with Crippen LogP contribution in [0.1, 0.15) is 376 Å². The number of rotatable bonds is 72. The Morgan fingerprint density at radius 2 is 0.495 bits per heavy atom. The van der Waals surface area contributed by atoms with Crippen LogP contribution in [0.25, 0.3) is 0 Å². The van der Waals surface area contributed by atoms with Crippen LogP contribution in [0.4, 0.5) is 0 Å². The van der Waals surface area contributed by atoms with Gasteiger partial charge < -0.3 is 33.8 Å². The van der Waals surface area contributed by atoms with E-state index in [2.05, 4.69) is 48.5 Å². The third-order valence-electron chi connectivity index (χ3n) is 17.1. The summed E-state index contributed by atoms with van der Waals surface area (Å²) in [5.74, 6) is 0.166. The molecular weight excluding hydrogens is 1220 g/mol. The molecule has 552 valence electrons. The van der Waals surface area contributed by atoms with Crippen molar-refractivity contribution in [1.82, 2.24) is 0 Å². The van der Waals surface area contributed by atoms with Crippen LogP contribution in [0.5, 0.6) is 0 Å². The van der Waals surface area contributed by atoms with E-state index in [0.717, 1.165) is 108 Å². The molecule has 0 bridgehead atoms. The van der Waals surface area contributed by atoms with Gasteiger partial charge in [0.25, 0.3) is 0 Å². The van der Waals surface area contributed by atoms with E-state index in [1.807, 2.05) is 0 Å². The summed E-state index contributed by atoms with van der Waals surface area (Å²) in [4.78, 5) is 72.7. The smallest absolute Gasteiger partial charge is 0.462 e. The number of ether oxygens (including phenoxy) is 4. The molecule has 0 aromatic carbocycles. The van der Waals surface area contributed by atoms with Gasteiger partial charge in [0.05, 0.1) is 26.4 Å². The van der Waals surface area contributed by atoms with Crippen LogP contribution in [-0.2, 0) is 65.4 Å². The van der Waals surface area contributed by atoms with Crippen molar-refractivity contribution in [2.24, 2.45) is 17.8 Å². The van der Waals surface area contributed by atoms with E-state index in [-0.39, 0.29) is 25.7 Å². The van der Waals surface area contributed by atoms with Crippen molar-refractivity contribution in [3.8, 4) is 0 Å². The Morgan fingerprint density at radius 3 is 0.731 bits per heavy atom. The van der Waals surface area contributed by atoms with Gasteiger partial charge in [-0.05, 0) is 43.4 Å². The quantitative estimate of drug-likeness (QED) is 0.0222. The maximum absolute atomic E-state index is 13.1. The van der Waals surface area contributed by atoms with Crippen molar-refractivity contribution < 1.29 is 80.2 Å². The lowest BCUT2D eigenvalue weighted by molar-refractivity contribution is -0.161. The summed E-state index contributed by atoms with van der Waals surface area (Å²) in [7, 11) is -9.91. The summed E-state index contributed by atoms with van der Waals surface area (Å²) in [5.41, 5.74) is 0. The lowest BCUT2D eigenvalue weighted by Crippen LogP contribution is -2.30. The van der Waals surface area contributed by atoms with Gasteiger partial charge in [-0.25, -0.2) is 9.13 Å². The molecule has 19 heteroatoms. The summed E-state index contributed by atoms with van der Waals surface area (Å²) in [5, 5.41) is 10.6. The second-order valence-electron chi connectivity index (χ2n) is 28.1. The number of aliphatic hydroxyl groups excluding tert-OH is 1. The normalized spacial score (nSPS) is 14.1. The number of carbonyl (C=O) groups is 4. The number of phosphoric acid groups is 2. The lowest BCUT2D eigenvalue weighted by atomic mass is 10.0. The van der Waals surface area contributed by atoms with E-state index >= 15 is 0 Å². The predicted molar refractivity (Wildman–Crippen MR) is 377 cm³/mol. The molecule has 0 aliphatic rings. The van der Waals surface area contributed by atoms with Crippen LogP contribution in [0.15, 0.2) is 0 Å². The summed E-state index contributed by atoms with van der Waals surface area (Å²) < 4.78 is 68.5. The SMILES string of the molecule is CCCCCCCCCCCCCCC(=O)O[C@H](COC(=O)CCCCCCCCCCC(C)C)COP(=O)(O)OC[C@H](O)COP(=O)(O)OC[C@@H](COC(=O)CCCCCCCCCCCCCCC(C)C)OC(=O)CCCCCCCCCCCCCCC(C)C. The molecule has 0 saturated heterocycles. The Morgan fingerprint density at radius 1 is 0.290 bits per heavy atom. The molecule has 5 atom stereocenters. The Hall–Kier alpha value is -1.94. The van der Waals surface area contributed by atoms with Crippen molar-refractivity contribution in [3.05, 3.63) is 0 Å². The van der Waals surface area contributed by atoms with E-state index in [0.29, 0.717) is 25.7 Å². The zero-order valence-electron chi connectivity index (χ0n) is 60.7. The second kappa shape index (κ2) is 64.7. The Labute approximate surface area is 568 Å². The fourth-order valence-corrected chi connectivity index (χ4v) is 12.8. The number of hydrogen-bond donors (Lipinski definition) is 3. The largest absolute Gasteiger partial charge is 0.472 e. The molecule has 0 heterocycles. The van der Waals surface area contributed by atoms with Crippen LogP contribution in [0.3, 0.4) is 0 Å². The molecule has 0 spiro atoms. The van der Waals surface area contributed by atoms with E-state index < -0.39 is 97.5 Å². The van der Waals surface area contributed by atoms with Crippen LogP contribution >= 0.6 is 15.6 Å². The van der Waals surface area contributed by atoms with Crippen LogP contribution in [-0.4, -0.2) is 96.7 Å². The summed E-state index contributed by atoms with van der Waals surface area (Å²) in [6.07, 6.45) is 49.8. The Kier molecular flexibility index (Phi) is 63.4. The van der Waals surface area contributed by atoms with Crippen LogP contribution in [0, 0.1) is 17.8 Å². The van der Waals surface area contributed by atoms with Crippen LogP contribution < -0.4 is 0 Å². The monoisotopic (exact) mass is 1370 g/mol. The minimum Gasteiger partial charge on any atom is -0.462 e. The highest BCUT2D eigenvalue weighted by Gasteiger charge is 2.30. The zero-order chi connectivity index (χ0) is 68.7. The molecule has 93 heavy (non-hydrogen) atoms. The maximum Gasteiger partial charge on any atom is 0.472 e. The molecule has 0 aliphatic carbocycles. The number of phosphoric ester groups is 2. The maximum atomic E-state index is 13.1. The van der Waals surface area contributed by atoms with Gasteiger partial charge in [0.1, 0.15) is 19.3 Å². The molecule has 0 rings (SSSR count). The topological polar surface area (TPSA) is 237 Å². The van der Waals surface area contributed by atoms with Crippen molar-refractivity contribution in [3.63, 3.8) is 0 Å². The standard InChI is InChI=1S/C74H144O17P2/c1-8-9-10-11-12-13-14-21-27-36-43-50-57-73(78)91-70(62-85-72(77)56-49-42-35-30-29-33-40-47-54-67(6)7)64-89-93(82,83)87-60-68(75)59-86-92(80,81)88-63-69(90-74(79)58-51-44-37-28-23-18-16-20-25-32-39-46-53-66(4)5)61-84-71(76)55-48-41-34-26-22-17-15-19-24-31-38-45-52-65(2)3/h65-70,75H,8-64H2,1-7H3,(H,80,81)(H,82,83)/t68-,69-,70-/m1/s1. The average molecular weight is 1370 g/mol. The highest BCUT2D eigenvalue weighted by atomic mass is 31.2. The second-order valence-corrected chi connectivity index (χ2v) is 31.0. The Bertz CT molecular complexity index is 1820. The minimum atomic E-state index is -4.96. The molecule has 17 nitrogen and oxygen atoms in total. The molecule has 2 unspecified atom stereocenters. The van der Waals surface area contributed by atoms with Crippen molar-refractivity contribution in [2.75, 3.05) is 39.6 Å². The first-order chi connectivity index (χ1) is 44.7. The molecule has 3 N–H and O–H groups in total. The van der Waals surface area contributed by atoms with E-state index in [4.69, 9.17) is 37.0 Å². The van der Waals surface area contributed by atoms with Crippen molar-refractivity contribution >= 4 is 39.5 Å². The van der Waals surface area contributed by atoms with Gasteiger partial charge in [0.15, 0.2) is 12.2 Å². The number of unbranched alkanes of at least 4 members (excludes halogenated alkanes) is 40. The van der Waals surface area contributed by atoms with Gasteiger partial charge in [-0.1, -0.05) is 325 Å². The summed E-state index contributed by atoms with van der Waals surface area (Å²) in [6.45, 7) is 11.9. The van der Waals surface area contributed by atoms with E-state index in [1.54, 1.807) is 0 Å². The predicted octanol–water partition coefficient (Wildman–Crippen LogP) is 21.4. The molecule has 0 saturated carbocycles. The van der Waals surface area contributed by atoms with Gasteiger partial charge >= 0.3 is 39.5 Å². The summed E-state index contributed by atoms with van der Waals surface area (Å²) >= 11 is 0. The third-order valence-corrected chi connectivity index (χ3v) is 19.0. The molecular formula is C74H144O17P2. The number of esters is 4. The highest BCUT2D eigenvalue weighted by molar-refractivity contribution is 7.47. The molecule has 0 fully saturated rings. The van der Waals surface area contributed by atoms with E-state index in [1.165, 1.54) is 186 Å². The van der Waals surface area contributed by atoms with Crippen molar-refractivity contribution in [2.45, 2.75) is 394 Å². The molecule has 0 aromatic rings. The minimum absolute atomic E-state index is 0.107. The first kappa shape index (κ1) is 91.1. The third kappa shape index (κ3) is 68.4. The van der Waals surface area contributed by atoms with Gasteiger partial charge in [-0.3, -0.25) is 37.3 Å². The lowest BCUT2D eigenvalue weighted by Gasteiger charge is -2.21. The average Bonchev–Trinajstić information content (AvgIpc) is 3.43. The number of aliphatic hydroxyl groups is 1. The number of carbonyl (C=O) groups excluding carboxylic acids is 4. The van der Waals surface area contributed by atoms with Gasteiger partial charge in [-0.2, -0.15) is 0 Å². The highest BCUT2D eigenvalue weighted by Crippen LogP contribution is 2.45. The zero-order valence-corrected chi connectivity index (χ0v) is 62.5. The Balaban J connectivity index is 5.26. The fraction of sp³-hybridized carbons (Fsp3) is 0.946. The fourth-order valence-electron chi connectivity index (χ4n) is 11.2. The molecule has 0 amide bonds. The van der Waals surface area contributed by atoms with Crippen molar-refractivity contribution in [1.29, 1.82) is 0 Å². The van der Waals surface area contributed by atoms with Gasteiger partial charge in [-0.15, -0.1) is 0 Å². The van der Waals surface area contributed by atoms with Gasteiger partial charge in [0.2, 0.25) is 0 Å². The molecule has 0 radical (unpaired) electrons. The summed E-state index contributed by atoms with van der Waals surface area (Å²) in [6, 6.07) is 0. The van der Waals surface area contributed by atoms with Gasteiger partial charge in [0, 0.05) is 25.7 Å². The molecule has 0 aliphatic heterocycles. The van der Waals surface area contributed by atoms with E-state index in [9.17, 15) is 43.2 Å². The number of hydrogen-bond acceptors (Lipinski definition) is 15.